The van der Waals surface area contributed by atoms with Crippen molar-refractivity contribution in [2.45, 2.75) is 13.5 Å². The van der Waals surface area contributed by atoms with Gasteiger partial charge in [-0.3, -0.25) is 14.4 Å². The average molecular weight is 428 g/mol. The SMILES string of the molecule is Cc1ccsc1CN(C)C(=O)CNC(=O)CNC(=O)c1ccc(Cl)cc1Cl. The molecule has 1 aromatic heterocycles. The highest BCUT2D eigenvalue weighted by Gasteiger charge is 2.14. The van der Waals surface area contributed by atoms with Crippen molar-refractivity contribution in [1.82, 2.24) is 15.5 Å². The van der Waals surface area contributed by atoms with Crippen molar-refractivity contribution in [3.05, 3.63) is 55.7 Å². The monoisotopic (exact) mass is 427 g/mol. The summed E-state index contributed by atoms with van der Waals surface area (Å²) in [6, 6.07) is 6.45. The molecule has 0 aliphatic carbocycles. The summed E-state index contributed by atoms with van der Waals surface area (Å²) in [5, 5.41) is 7.53. The van der Waals surface area contributed by atoms with Crippen molar-refractivity contribution >= 4 is 52.3 Å². The molecule has 6 nitrogen and oxygen atoms in total. The molecule has 0 saturated heterocycles. The third-order valence-corrected chi connectivity index (χ3v) is 5.35. The Morgan fingerprint density at radius 1 is 1.11 bits per heavy atom. The first-order valence-corrected chi connectivity index (χ1v) is 9.68. The summed E-state index contributed by atoms with van der Waals surface area (Å²) in [7, 11) is 1.68. The molecular weight excluding hydrogens is 409 g/mol. The van der Waals surface area contributed by atoms with Crippen molar-refractivity contribution < 1.29 is 14.4 Å². The van der Waals surface area contributed by atoms with Gasteiger partial charge in [-0.15, -0.1) is 11.3 Å². The Kier molecular flexibility index (Phi) is 7.65. The van der Waals surface area contributed by atoms with Gasteiger partial charge in [0.15, 0.2) is 0 Å². The second-order valence-electron chi connectivity index (χ2n) is 5.86. The van der Waals surface area contributed by atoms with Gasteiger partial charge in [-0.25, -0.2) is 0 Å². The third-order valence-electron chi connectivity index (χ3n) is 3.80. The lowest BCUT2D eigenvalue weighted by Gasteiger charge is -2.17. The second kappa shape index (κ2) is 9.73. The molecule has 1 heterocycles. The van der Waals surface area contributed by atoms with E-state index in [4.69, 9.17) is 23.2 Å². The summed E-state index contributed by atoms with van der Waals surface area (Å²) in [4.78, 5) is 38.7. The lowest BCUT2D eigenvalue weighted by atomic mass is 10.2. The molecule has 2 rings (SSSR count). The molecule has 0 fully saturated rings. The smallest absolute Gasteiger partial charge is 0.253 e. The molecule has 27 heavy (non-hydrogen) atoms. The number of amides is 3. The quantitative estimate of drug-likeness (QED) is 0.712. The molecule has 2 aromatic rings. The zero-order valence-corrected chi connectivity index (χ0v) is 17.2. The Balaban J connectivity index is 1.76. The van der Waals surface area contributed by atoms with Crippen LogP contribution in [0.1, 0.15) is 20.8 Å². The largest absolute Gasteiger partial charge is 0.345 e. The van der Waals surface area contributed by atoms with Gasteiger partial charge in [0, 0.05) is 16.9 Å². The van der Waals surface area contributed by atoms with Crippen LogP contribution in [0.25, 0.3) is 0 Å². The van der Waals surface area contributed by atoms with E-state index < -0.39 is 11.8 Å². The second-order valence-corrected chi connectivity index (χ2v) is 7.70. The fraction of sp³-hybridized carbons (Fsp3) is 0.278. The number of rotatable bonds is 7. The van der Waals surface area contributed by atoms with E-state index in [1.54, 1.807) is 23.3 Å². The minimum atomic E-state index is -0.497. The van der Waals surface area contributed by atoms with Gasteiger partial charge in [0.1, 0.15) is 0 Å². The van der Waals surface area contributed by atoms with Crippen LogP contribution >= 0.6 is 34.5 Å². The van der Waals surface area contributed by atoms with Crippen molar-refractivity contribution in [2.75, 3.05) is 20.1 Å². The predicted octanol–water partition coefficient (Wildman–Crippen LogP) is 2.87. The van der Waals surface area contributed by atoms with E-state index in [1.165, 1.54) is 18.2 Å². The van der Waals surface area contributed by atoms with E-state index in [0.29, 0.717) is 11.6 Å². The van der Waals surface area contributed by atoms with Gasteiger partial charge in [-0.2, -0.15) is 0 Å². The molecule has 0 radical (unpaired) electrons. The molecule has 0 aliphatic heterocycles. The number of hydrogen-bond acceptors (Lipinski definition) is 4. The highest BCUT2D eigenvalue weighted by molar-refractivity contribution is 7.10. The van der Waals surface area contributed by atoms with E-state index >= 15 is 0 Å². The Bertz CT molecular complexity index is 854. The van der Waals surface area contributed by atoms with Gasteiger partial charge < -0.3 is 15.5 Å². The molecule has 3 amide bonds. The number of nitrogens with zero attached hydrogens (tertiary/aromatic N) is 1. The summed E-state index contributed by atoms with van der Waals surface area (Å²) in [5.41, 5.74) is 1.35. The number of halogens is 2. The van der Waals surface area contributed by atoms with E-state index in [0.717, 1.165) is 10.4 Å². The fourth-order valence-electron chi connectivity index (χ4n) is 2.17. The van der Waals surface area contributed by atoms with Crippen molar-refractivity contribution in [3.8, 4) is 0 Å². The molecule has 144 valence electrons. The number of aryl methyl sites for hydroxylation is 1. The molecule has 0 aliphatic rings. The minimum absolute atomic E-state index is 0.142. The van der Waals surface area contributed by atoms with Gasteiger partial charge in [0.2, 0.25) is 11.8 Å². The van der Waals surface area contributed by atoms with Gasteiger partial charge in [0.05, 0.1) is 30.2 Å². The van der Waals surface area contributed by atoms with Crippen molar-refractivity contribution in [3.63, 3.8) is 0 Å². The van der Waals surface area contributed by atoms with E-state index in [-0.39, 0.29) is 29.6 Å². The number of benzene rings is 1. The molecule has 0 unspecified atom stereocenters. The summed E-state index contributed by atoms with van der Waals surface area (Å²) < 4.78 is 0. The summed E-state index contributed by atoms with van der Waals surface area (Å²) >= 11 is 13.3. The maximum absolute atomic E-state index is 12.1. The highest BCUT2D eigenvalue weighted by Crippen LogP contribution is 2.20. The summed E-state index contributed by atoms with van der Waals surface area (Å²) in [5.74, 6) is -1.19. The van der Waals surface area contributed by atoms with Crippen LogP contribution in [-0.4, -0.2) is 42.8 Å². The lowest BCUT2D eigenvalue weighted by Crippen LogP contribution is -2.42. The van der Waals surface area contributed by atoms with E-state index in [1.807, 2.05) is 18.4 Å². The first-order chi connectivity index (χ1) is 12.8. The Morgan fingerprint density at radius 3 is 2.48 bits per heavy atom. The Morgan fingerprint density at radius 2 is 1.85 bits per heavy atom. The normalized spacial score (nSPS) is 10.4. The zero-order valence-electron chi connectivity index (χ0n) is 14.8. The highest BCUT2D eigenvalue weighted by atomic mass is 35.5. The Hall–Kier alpha value is -2.09. The lowest BCUT2D eigenvalue weighted by molar-refractivity contribution is -0.132. The van der Waals surface area contributed by atoms with Crippen LogP contribution in [0.15, 0.2) is 29.6 Å². The van der Waals surface area contributed by atoms with E-state index in [9.17, 15) is 14.4 Å². The number of hydrogen-bond donors (Lipinski definition) is 2. The first-order valence-electron chi connectivity index (χ1n) is 8.05. The first kappa shape index (κ1) is 21.2. The van der Waals surface area contributed by atoms with Crippen LogP contribution in [-0.2, 0) is 16.1 Å². The molecule has 0 bridgehead atoms. The summed E-state index contributed by atoms with van der Waals surface area (Å²) in [6.45, 7) is 2.07. The van der Waals surface area contributed by atoms with Gasteiger partial charge in [0.25, 0.3) is 5.91 Å². The van der Waals surface area contributed by atoms with Crippen LogP contribution in [0, 0.1) is 6.92 Å². The number of carbonyl (C=O) groups excluding carboxylic acids is 3. The molecule has 9 heteroatoms. The van der Waals surface area contributed by atoms with Crippen molar-refractivity contribution in [2.24, 2.45) is 0 Å². The number of likely N-dealkylation sites (N-methyl/N-ethyl adjacent to an activating group) is 1. The number of thiophene rings is 1. The third kappa shape index (κ3) is 6.23. The molecule has 0 atom stereocenters. The molecule has 0 spiro atoms. The minimum Gasteiger partial charge on any atom is -0.345 e. The fourth-order valence-corrected chi connectivity index (χ4v) is 3.62. The molecule has 0 saturated carbocycles. The predicted molar refractivity (Wildman–Crippen MR) is 107 cm³/mol. The molecule has 1 aromatic carbocycles. The average Bonchev–Trinajstić information content (AvgIpc) is 3.02. The maximum atomic E-state index is 12.1. The Labute approximate surface area is 171 Å². The van der Waals surface area contributed by atoms with Gasteiger partial charge in [-0.05, 0) is 42.1 Å². The van der Waals surface area contributed by atoms with Gasteiger partial charge >= 0.3 is 0 Å². The zero-order chi connectivity index (χ0) is 20.0. The van der Waals surface area contributed by atoms with E-state index in [2.05, 4.69) is 10.6 Å². The number of nitrogens with one attached hydrogen (secondary N) is 2. The topological polar surface area (TPSA) is 78.5 Å². The van der Waals surface area contributed by atoms with Crippen LogP contribution in [0.3, 0.4) is 0 Å². The molecule has 2 N–H and O–H groups in total. The number of carbonyl (C=O) groups is 3. The molecular formula is C18H19Cl2N3O3S. The van der Waals surface area contributed by atoms with Crippen LogP contribution in [0.5, 0.6) is 0 Å². The van der Waals surface area contributed by atoms with Crippen LogP contribution in [0.4, 0.5) is 0 Å². The van der Waals surface area contributed by atoms with Crippen LogP contribution < -0.4 is 10.6 Å². The standard InChI is InChI=1S/C18H19Cl2N3O3S/c1-11-5-6-27-15(11)10-23(2)17(25)9-21-16(24)8-22-18(26)13-4-3-12(19)7-14(13)20/h3-7H,8-10H2,1-2H3,(H,21,24)(H,22,26). The van der Waals surface area contributed by atoms with Crippen LogP contribution in [0.2, 0.25) is 10.0 Å². The maximum Gasteiger partial charge on any atom is 0.253 e. The van der Waals surface area contributed by atoms with Gasteiger partial charge in [-0.1, -0.05) is 23.2 Å². The van der Waals surface area contributed by atoms with Crippen molar-refractivity contribution in [1.29, 1.82) is 0 Å². The summed E-state index contributed by atoms with van der Waals surface area (Å²) in [6.07, 6.45) is 0.